The summed E-state index contributed by atoms with van der Waals surface area (Å²) in [5.74, 6) is 1.38. The third kappa shape index (κ3) is 5.22. The lowest BCUT2D eigenvalue weighted by atomic mass is 10.2. The standard InChI is InChI=1S/C25H21N5O2S/c1-17-6-10-21(11-7-17)30-24(19-8-12-22(32-2)13-9-19)28-29-25(30)33-16-23(31)27-20-5-3-4-18(14-20)15-26/h3-14H,16H2,1-2H3,(H,27,31). The first-order chi connectivity index (χ1) is 16.1. The molecule has 1 heterocycles. The van der Waals surface area contributed by atoms with Crippen LogP contribution < -0.4 is 10.1 Å². The number of rotatable bonds is 7. The molecule has 1 aromatic heterocycles. The Bertz CT molecular complexity index is 1310. The Morgan fingerprint density at radius 1 is 1.09 bits per heavy atom. The lowest BCUT2D eigenvalue weighted by Gasteiger charge is -2.11. The fourth-order valence-electron chi connectivity index (χ4n) is 3.21. The monoisotopic (exact) mass is 455 g/mol. The van der Waals surface area contributed by atoms with E-state index in [2.05, 4.69) is 21.6 Å². The van der Waals surface area contributed by atoms with Crippen molar-refractivity contribution in [2.24, 2.45) is 0 Å². The average molecular weight is 456 g/mol. The Balaban J connectivity index is 1.59. The Morgan fingerprint density at radius 3 is 2.55 bits per heavy atom. The fourth-order valence-corrected chi connectivity index (χ4v) is 3.96. The van der Waals surface area contributed by atoms with Crippen LogP contribution in [0.25, 0.3) is 17.1 Å². The Hall–Kier alpha value is -4.09. The van der Waals surface area contributed by atoms with Crippen LogP contribution in [-0.2, 0) is 4.79 Å². The summed E-state index contributed by atoms with van der Waals surface area (Å²) in [5.41, 5.74) is 4.00. The molecule has 164 valence electrons. The maximum absolute atomic E-state index is 12.5. The highest BCUT2D eigenvalue weighted by Gasteiger charge is 2.17. The zero-order valence-electron chi connectivity index (χ0n) is 18.1. The Kier molecular flexibility index (Phi) is 6.72. The van der Waals surface area contributed by atoms with E-state index < -0.39 is 0 Å². The minimum Gasteiger partial charge on any atom is -0.497 e. The molecule has 0 aliphatic carbocycles. The first-order valence-electron chi connectivity index (χ1n) is 10.2. The van der Waals surface area contributed by atoms with Gasteiger partial charge in [0, 0.05) is 16.9 Å². The van der Waals surface area contributed by atoms with Gasteiger partial charge in [-0.15, -0.1) is 10.2 Å². The molecule has 0 atom stereocenters. The van der Waals surface area contributed by atoms with Crippen molar-refractivity contribution in [3.05, 3.63) is 83.9 Å². The smallest absolute Gasteiger partial charge is 0.234 e. The Morgan fingerprint density at radius 2 is 1.85 bits per heavy atom. The molecule has 0 radical (unpaired) electrons. The lowest BCUT2D eigenvalue weighted by molar-refractivity contribution is -0.113. The molecule has 0 saturated carbocycles. The zero-order valence-corrected chi connectivity index (χ0v) is 19.0. The van der Waals surface area contributed by atoms with E-state index in [1.165, 1.54) is 11.8 Å². The molecule has 0 unspecified atom stereocenters. The van der Waals surface area contributed by atoms with Gasteiger partial charge < -0.3 is 10.1 Å². The molecule has 1 N–H and O–H groups in total. The highest BCUT2D eigenvalue weighted by atomic mass is 32.2. The minimum absolute atomic E-state index is 0.142. The Labute approximate surface area is 196 Å². The highest BCUT2D eigenvalue weighted by molar-refractivity contribution is 7.99. The van der Waals surface area contributed by atoms with E-state index in [4.69, 9.17) is 10.00 Å². The predicted molar refractivity (Wildman–Crippen MR) is 129 cm³/mol. The van der Waals surface area contributed by atoms with Crippen LogP contribution in [-0.4, -0.2) is 33.5 Å². The second-order valence-corrected chi connectivity index (χ2v) is 8.18. The first-order valence-corrected chi connectivity index (χ1v) is 11.2. The van der Waals surface area contributed by atoms with Gasteiger partial charge in [0.1, 0.15) is 5.75 Å². The van der Waals surface area contributed by atoms with Crippen LogP contribution >= 0.6 is 11.8 Å². The number of carbonyl (C=O) groups excluding carboxylic acids is 1. The normalized spacial score (nSPS) is 10.5. The predicted octanol–water partition coefficient (Wildman–Crippen LogP) is 4.85. The topological polar surface area (TPSA) is 92.8 Å². The number of nitrogens with one attached hydrogen (secondary N) is 1. The molecule has 33 heavy (non-hydrogen) atoms. The average Bonchev–Trinajstić information content (AvgIpc) is 3.27. The van der Waals surface area contributed by atoms with Crippen molar-refractivity contribution in [1.29, 1.82) is 5.26 Å². The number of methoxy groups -OCH3 is 1. The maximum atomic E-state index is 12.5. The number of nitrogens with zero attached hydrogens (tertiary/aromatic N) is 4. The second-order valence-electron chi connectivity index (χ2n) is 7.24. The molecule has 4 aromatic rings. The van der Waals surface area contributed by atoms with Crippen molar-refractivity contribution in [2.45, 2.75) is 12.1 Å². The fraction of sp³-hybridized carbons (Fsp3) is 0.120. The molecule has 3 aromatic carbocycles. The van der Waals surface area contributed by atoms with Crippen molar-refractivity contribution >= 4 is 23.4 Å². The van der Waals surface area contributed by atoms with Gasteiger partial charge in [-0.2, -0.15) is 5.26 Å². The third-order valence-corrected chi connectivity index (χ3v) is 5.81. The molecular formula is C25H21N5O2S. The lowest BCUT2D eigenvalue weighted by Crippen LogP contribution is -2.14. The number of nitriles is 1. The van der Waals surface area contributed by atoms with Crippen LogP contribution in [0.15, 0.2) is 78.0 Å². The van der Waals surface area contributed by atoms with Crippen molar-refractivity contribution in [3.63, 3.8) is 0 Å². The van der Waals surface area contributed by atoms with E-state index >= 15 is 0 Å². The quantitative estimate of drug-likeness (QED) is 0.400. The highest BCUT2D eigenvalue weighted by Crippen LogP contribution is 2.29. The van der Waals surface area contributed by atoms with E-state index in [9.17, 15) is 4.79 Å². The number of thioether (sulfide) groups is 1. The SMILES string of the molecule is COc1ccc(-c2nnc(SCC(=O)Nc3cccc(C#N)c3)n2-c2ccc(C)cc2)cc1. The first kappa shape index (κ1) is 22.1. The molecular weight excluding hydrogens is 434 g/mol. The van der Waals surface area contributed by atoms with E-state index in [0.717, 1.165) is 22.6 Å². The number of carbonyl (C=O) groups is 1. The summed E-state index contributed by atoms with van der Waals surface area (Å²) in [6, 6.07) is 24.5. The summed E-state index contributed by atoms with van der Waals surface area (Å²) in [6.45, 7) is 2.03. The number of amides is 1. The van der Waals surface area contributed by atoms with Crippen LogP contribution in [0.2, 0.25) is 0 Å². The van der Waals surface area contributed by atoms with E-state index in [0.29, 0.717) is 22.2 Å². The van der Waals surface area contributed by atoms with Crippen LogP contribution in [0.1, 0.15) is 11.1 Å². The van der Waals surface area contributed by atoms with Gasteiger partial charge in [0.25, 0.3) is 0 Å². The molecule has 0 spiro atoms. The number of aromatic nitrogens is 3. The van der Waals surface area contributed by atoms with Crippen molar-refractivity contribution in [1.82, 2.24) is 14.8 Å². The summed E-state index contributed by atoms with van der Waals surface area (Å²) in [4.78, 5) is 12.5. The van der Waals surface area contributed by atoms with Crippen molar-refractivity contribution in [3.8, 4) is 28.9 Å². The molecule has 1 amide bonds. The minimum atomic E-state index is -0.195. The van der Waals surface area contributed by atoms with Gasteiger partial charge in [-0.1, -0.05) is 35.5 Å². The number of hydrogen-bond donors (Lipinski definition) is 1. The number of aryl methyl sites for hydroxylation is 1. The van der Waals surface area contributed by atoms with Crippen LogP contribution in [0.5, 0.6) is 5.75 Å². The molecule has 8 heteroatoms. The van der Waals surface area contributed by atoms with Crippen molar-refractivity contribution < 1.29 is 9.53 Å². The van der Waals surface area contributed by atoms with E-state index in [-0.39, 0.29) is 11.7 Å². The molecule has 0 aliphatic rings. The summed E-state index contributed by atoms with van der Waals surface area (Å²) < 4.78 is 7.20. The second kappa shape index (κ2) is 10.0. The number of anilines is 1. The summed E-state index contributed by atoms with van der Waals surface area (Å²) >= 11 is 1.29. The largest absolute Gasteiger partial charge is 0.497 e. The van der Waals surface area contributed by atoms with Crippen molar-refractivity contribution in [2.75, 3.05) is 18.2 Å². The van der Waals surface area contributed by atoms with Crippen LogP contribution in [0, 0.1) is 18.3 Å². The molecule has 7 nitrogen and oxygen atoms in total. The zero-order chi connectivity index (χ0) is 23.2. The van der Waals surface area contributed by atoms with Gasteiger partial charge in [0.2, 0.25) is 5.91 Å². The number of benzene rings is 3. The van der Waals surface area contributed by atoms with Gasteiger partial charge in [-0.3, -0.25) is 9.36 Å². The molecule has 0 bridgehead atoms. The van der Waals surface area contributed by atoms with E-state index in [1.54, 1.807) is 31.4 Å². The summed E-state index contributed by atoms with van der Waals surface area (Å²) in [7, 11) is 1.63. The number of ether oxygens (including phenoxy) is 1. The summed E-state index contributed by atoms with van der Waals surface area (Å²) in [5, 5.41) is 21.2. The van der Waals surface area contributed by atoms with Crippen LogP contribution in [0.4, 0.5) is 5.69 Å². The number of hydrogen-bond acceptors (Lipinski definition) is 6. The molecule has 4 rings (SSSR count). The molecule has 0 fully saturated rings. The molecule has 0 aliphatic heterocycles. The van der Waals surface area contributed by atoms with E-state index in [1.807, 2.05) is 60.0 Å². The maximum Gasteiger partial charge on any atom is 0.234 e. The van der Waals surface area contributed by atoms with Gasteiger partial charge in [0.15, 0.2) is 11.0 Å². The van der Waals surface area contributed by atoms with Crippen LogP contribution in [0.3, 0.4) is 0 Å². The van der Waals surface area contributed by atoms with Gasteiger partial charge >= 0.3 is 0 Å². The van der Waals surface area contributed by atoms with Gasteiger partial charge in [-0.05, 0) is 61.5 Å². The summed E-state index contributed by atoms with van der Waals surface area (Å²) in [6.07, 6.45) is 0. The van der Waals surface area contributed by atoms with Gasteiger partial charge in [-0.25, -0.2) is 0 Å². The molecule has 0 saturated heterocycles. The van der Waals surface area contributed by atoms with Gasteiger partial charge in [0.05, 0.1) is 24.5 Å². The third-order valence-electron chi connectivity index (χ3n) is 4.88.